The van der Waals surface area contributed by atoms with E-state index < -0.39 is 201 Å². The van der Waals surface area contributed by atoms with Gasteiger partial charge >= 0.3 is 18.2 Å². The van der Waals surface area contributed by atoms with Crippen LogP contribution in [0.4, 0.5) is 20.2 Å². The predicted molar refractivity (Wildman–Crippen MR) is 363 cm³/mol. The van der Waals surface area contributed by atoms with E-state index >= 15 is 4.79 Å². The quantitative estimate of drug-likeness (QED) is 0.0184. The second-order valence-corrected chi connectivity index (χ2v) is 26.3. The predicted octanol–water partition coefficient (Wildman–Crippen LogP) is -8.75. The summed E-state index contributed by atoms with van der Waals surface area (Å²) in [5.74, 6) is -9.03. The fraction of sp³-hybridized carbons (Fsp3) is 0.610. The van der Waals surface area contributed by atoms with Crippen LogP contribution in [0.1, 0.15) is 102 Å². The number of aromatic amines is 1. The topological polar surface area (TPSA) is 729 Å². The van der Waals surface area contributed by atoms with Crippen LogP contribution in [0.15, 0.2) is 23.3 Å². The number of unbranched alkanes of at least 4 members (excludes halogenated alkanes) is 1. The van der Waals surface area contributed by atoms with E-state index in [0.29, 0.717) is 48.1 Å². The molecule has 0 bridgehead atoms. The van der Waals surface area contributed by atoms with E-state index in [1.165, 1.54) is 43.9 Å². The molecule has 0 unspecified atom stereocenters. The highest BCUT2D eigenvalue weighted by molar-refractivity contribution is 7.14. The average molecular weight is 1530 g/mol. The van der Waals surface area contributed by atoms with Crippen molar-refractivity contribution in [3.05, 3.63) is 56.8 Å². The Morgan fingerprint density at radius 2 is 1.40 bits per heavy atom. The van der Waals surface area contributed by atoms with Gasteiger partial charge in [-0.1, -0.05) is 6.92 Å². The maximum atomic E-state index is 15.2. The van der Waals surface area contributed by atoms with Crippen molar-refractivity contribution in [2.75, 3.05) is 58.2 Å². The molecule has 4 aromatic rings. The first-order valence-corrected chi connectivity index (χ1v) is 34.4. The number of thiazole rings is 2. The number of hydrogen-bond donors (Lipinski definition) is 23. The smallest absolute Gasteiger partial charge is 0.404 e. The number of amides is 12. The van der Waals surface area contributed by atoms with Gasteiger partial charge in [-0.15, -0.1) is 22.7 Å². The van der Waals surface area contributed by atoms with Gasteiger partial charge in [0.15, 0.2) is 18.7 Å². The Labute approximate surface area is 605 Å². The molecule has 105 heavy (non-hydrogen) atoms. The normalized spacial score (nSPS) is 22.8. The average Bonchev–Trinajstić information content (AvgIpc) is 1.19. The van der Waals surface area contributed by atoms with Gasteiger partial charge in [0.1, 0.15) is 94.6 Å². The monoisotopic (exact) mass is 1530 g/mol. The lowest BCUT2D eigenvalue weighted by molar-refractivity contribution is -0.372. The van der Waals surface area contributed by atoms with Crippen molar-refractivity contribution in [3.63, 3.8) is 0 Å². The summed E-state index contributed by atoms with van der Waals surface area (Å²) in [5, 5.41) is 110. The summed E-state index contributed by atoms with van der Waals surface area (Å²) in [5.41, 5.74) is 38.4. The number of urea groups is 2. The number of hydrogen-bond acceptors (Lipinski definition) is 33. The standard InChI is InChI=1S/C59H91N21O23S2/c1-22-35(76-48(79-46(22)62)27(14-33(61)84)71-15-26(60)47(63)90)52(94)78-37(43(28-16-67-21-72-28)101-56-45(41(88)39(86)31(17-81)100-56)102-55-42(89)44(103-59(66)98)40(87)32(18-82)99-55)53(95)73-24(3)38(85)23(2)49(91)77-36(25(4)83)51(93)69-11-8-34-74-30(20-104-34)54-75-29(19-105-54)50(92)68-10-7-13-80(58(65)97)12-6-5-9-70-57(64)96/h16,19-21,23-27,31-32,36-45,55-56,71,81-83,85-89H,5-15,17-18,60H2,1-4H3,(H2,61,84)(H2,63,90)(H2,65,97)(H2,66,98)(H,67,72)(H,68,92)(H,69,93)(H,73,95)(H,77,91)(H,78,94)(H2,62,76,79)(H3,64,70,96)/t23-,24+,25+,26-,27-,31-,32+,36-,37-,38-,39+,40+,41-,42-,43-,44-,45-,55+,56-/m0/s1. The number of nitrogens with two attached hydrogens (primary N) is 7. The van der Waals surface area contributed by atoms with Crippen molar-refractivity contribution in [2.45, 2.75) is 170 Å². The molecule has 0 radical (unpaired) electrons. The number of primary amides is 5. The maximum absolute atomic E-state index is 15.2. The number of aliphatic hydroxyl groups excluding tert-OH is 8. The zero-order valence-electron chi connectivity index (χ0n) is 57.2. The molecule has 12 amide bonds. The Kier molecular flexibility index (Phi) is 32.2. The lowest BCUT2D eigenvalue weighted by atomic mass is 9.96. The van der Waals surface area contributed by atoms with Crippen LogP contribution in [0.2, 0.25) is 0 Å². The summed E-state index contributed by atoms with van der Waals surface area (Å²) in [6.07, 6.45) is -23.9. The molecule has 2 aliphatic rings. The van der Waals surface area contributed by atoms with Crippen molar-refractivity contribution in [3.8, 4) is 10.7 Å². The number of imidazole rings is 1. The molecule has 2 fully saturated rings. The highest BCUT2D eigenvalue weighted by Crippen LogP contribution is 2.35. The summed E-state index contributed by atoms with van der Waals surface area (Å²) in [6.45, 7) is 3.65. The van der Waals surface area contributed by atoms with Crippen LogP contribution in [0.5, 0.6) is 0 Å². The molecule has 46 heteroatoms. The second kappa shape index (κ2) is 39.8. The van der Waals surface area contributed by atoms with E-state index in [-0.39, 0.29) is 61.2 Å². The van der Waals surface area contributed by atoms with Crippen molar-refractivity contribution in [1.82, 2.24) is 72.0 Å². The third-order valence-electron chi connectivity index (χ3n) is 16.6. The minimum atomic E-state index is -2.21. The molecule has 2 aliphatic heterocycles. The number of carbonyl (C=O) groups is 10. The summed E-state index contributed by atoms with van der Waals surface area (Å²) < 4.78 is 28.7. The van der Waals surface area contributed by atoms with E-state index in [4.69, 9.17) is 63.8 Å². The molecule has 2 saturated heterocycles. The summed E-state index contributed by atoms with van der Waals surface area (Å²) >= 11 is 2.38. The van der Waals surface area contributed by atoms with Gasteiger partial charge in [-0.05, 0) is 40.0 Å². The minimum absolute atomic E-state index is 0.0578. The number of aliphatic hydroxyl groups is 8. The van der Waals surface area contributed by atoms with Gasteiger partial charge in [0.25, 0.3) is 11.8 Å². The van der Waals surface area contributed by atoms with Gasteiger partial charge in [-0.2, -0.15) is 0 Å². The van der Waals surface area contributed by atoms with Crippen LogP contribution in [0, 0.1) is 12.8 Å². The minimum Gasteiger partial charge on any atom is -0.441 e. The Balaban J connectivity index is 1.19. The third kappa shape index (κ3) is 23.7. The molecule has 0 aliphatic carbocycles. The molecule has 0 spiro atoms. The molecule has 6 rings (SSSR count). The summed E-state index contributed by atoms with van der Waals surface area (Å²) in [7, 11) is 0. The number of rotatable bonds is 40. The second-order valence-electron chi connectivity index (χ2n) is 24.5. The Bertz CT molecular complexity index is 3600. The first-order chi connectivity index (χ1) is 49.6. The van der Waals surface area contributed by atoms with Crippen LogP contribution in [-0.2, 0) is 54.1 Å². The number of nitrogens with zero attached hydrogens (tertiary/aromatic N) is 6. The molecule has 582 valence electrons. The highest BCUT2D eigenvalue weighted by atomic mass is 32.1. The molecule has 0 aromatic carbocycles. The lowest BCUT2D eigenvalue weighted by Crippen LogP contribution is -2.65. The fourth-order valence-electron chi connectivity index (χ4n) is 10.7. The molecule has 30 N–H and O–H groups in total. The lowest BCUT2D eigenvalue weighted by Gasteiger charge is -2.47. The zero-order chi connectivity index (χ0) is 77.7. The number of nitrogens with one attached hydrogen (secondary N) is 8. The van der Waals surface area contributed by atoms with Crippen LogP contribution >= 0.6 is 22.7 Å². The van der Waals surface area contributed by atoms with E-state index in [0.717, 1.165) is 23.9 Å². The number of anilines is 1. The summed E-state index contributed by atoms with van der Waals surface area (Å²) in [6, 6.07) is -9.25. The molecule has 4 aromatic heterocycles. The van der Waals surface area contributed by atoms with Gasteiger partial charge in [0, 0.05) is 68.4 Å². The first kappa shape index (κ1) is 84.8. The first-order valence-electron chi connectivity index (χ1n) is 32.7. The van der Waals surface area contributed by atoms with Crippen molar-refractivity contribution < 1.29 is 112 Å². The molecule has 6 heterocycles. The summed E-state index contributed by atoms with van der Waals surface area (Å²) in [4.78, 5) is 155. The van der Waals surface area contributed by atoms with Crippen molar-refractivity contribution in [2.24, 2.45) is 40.3 Å². The largest absolute Gasteiger partial charge is 0.441 e. The number of nitrogen functional groups attached to an aromatic ring is 1. The van der Waals surface area contributed by atoms with Crippen molar-refractivity contribution >= 4 is 88.0 Å². The van der Waals surface area contributed by atoms with Gasteiger partial charge in [0.05, 0.1) is 72.7 Å². The zero-order valence-corrected chi connectivity index (χ0v) is 58.8. The van der Waals surface area contributed by atoms with Crippen LogP contribution in [0.3, 0.4) is 0 Å². The SMILES string of the molecule is Cc1c(N)nc([C@H](CC(N)=O)NC[C@H](N)C(N)=O)nc1C(=O)N[C@H](C(=O)N[C@H](C)[C@@H](O)[C@H](C)C(=O)N[C@H](C(=O)NCCc1nc(-c2nc(C(=O)NCCCN(CCCCNC(N)=O)C(N)=O)cs2)cs1)[C@@H](C)O)[C@@H](O[C@@H]1O[C@@H](CO)[C@@H](O)[C@H](O)[C@@H]1O[C@H]1O[C@H](CO)[C@@H](O)[C@H](OC(N)=O)[C@@H]1O)c1cnc[nH]1. The van der Waals surface area contributed by atoms with E-state index in [9.17, 15) is 84.0 Å². The van der Waals surface area contributed by atoms with Gasteiger partial charge in [-0.25, -0.2) is 39.3 Å². The van der Waals surface area contributed by atoms with Crippen LogP contribution in [0.25, 0.3) is 10.7 Å². The van der Waals surface area contributed by atoms with Gasteiger partial charge in [-0.3, -0.25) is 33.6 Å². The number of carbonyl (C=O) groups excluding carboxylic acids is 10. The van der Waals surface area contributed by atoms with Gasteiger partial charge in [0.2, 0.25) is 29.5 Å². The van der Waals surface area contributed by atoms with Crippen LogP contribution in [-0.4, -0.2) is 285 Å². The molecule has 44 nitrogen and oxygen atoms in total. The molecule has 0 saturated carbocycles. The number of ether oxygens (including phenoxy) is 5. The number of aromatic nitrogens is 6. The molecular formula is C59H91N21O23S2. The van der Waals surface area contributed by atoms with E-state index in [1.807, 2.05) is 0 Å². The maximum Gasteiger partial charge on any atom is 0.404 e. The molecular weight excluding hydrogens is 1430 g/mol. The highest BCUT2D eigenvalue weighted by Gasteiger charge is 2.54. The van der Waals surface area contributed by atoms with Crippen LogP contribution < -0.4 is 77.4 Å². The molecule has 19 atom stereocenters. The third-order valence-corrected chi connectivity index (χ3v) is 18.4. The Hall–Kier alpha value is -9.11. The fourth-order valence-corrected chi connectivity index (χ4v) is 12.3. The van der Waals surface area contributed by atoms with E-state index in [1.54, 1.807) is 10.8 Å². The Morgan fingerprint density at radius 1 is 0.724 bits per heavy atom. The Morgan fingerprint density at radius 3 is 2.03 bits per heavy atom. The number of H-pyrrole nitrogens is 1. The van der Waals surface area contributed by atoms with E-state index in [2.05, 4.69) is 67.1 Å². The van der Waals surface area contributed by atoms with Gasteiger partial charge < -0.3 is 152 Å². The van der Waals surface area contributed by atoms with Crippen molar-refractivity contribution in [1.29, 1.82) is 0 Å².